The Labute approximate surface area is 85.6 Å². The molecule has 86 valence electrons. The van der Waals surface area contributed by atoms with Gasteiger partial charge in [-0.2, -0.15) is 0 Å². The van der Waals surface area contributed by atoms with Gasteiger partial charge in [0.15, 0.2) is 0 Å². The summed E-state index contributed by atoms with van der Waals surface area (Å²) in [6.07, 6.45) is -0.520. The number of nitrogens with two attached hydrogens (primary N) is 2. The zero-order chi connectivity index (χ0) is 10.8. The minimum Gasteiger partial charge on any atom is -0.377 e. The van der Waals surface area contributed by atoms with Crippen LogP contribution in [0.25, 0.3) is 0 Å². The molecule has 0 aliphatic rings. The third-order valence-corrected chi connectivity index (χ3v) is 1.76. The quantitative estimate of drug-likeness (QED) is 0.164. The van der Waals surface area contributed by atoms with Gasteiger partial charge in [-0.1, -0.05) is 0 Å². The second-order valence-corrected chi connectivity index (χ2v) is 3.06. The van der Waals surface area contributed by atoms with Crippen molar-refractivity contribution in [3.8, 4) is 0 Å². The largest absolute Gasteiger partial charge is 0.377 e. The molecule has 0 aliphatic heterocycles. The van der Waals surface area contributed by atoms with Crippen molar-refractivity contribution in [3.63, 3.8) is 0 Å². The maximum Gasteiger partial charge on any atom is 0.117 e. The third kappa shape index (κ3) is 7.19. The molecule has 14 heavy (non-hydrogen) atoms. The molecule has 0 rings (SSSR count). The van der Waals surface area contributed by atoms with Crippen LogP contribution < -0.4 is 22.2 Å². The fourth-order valence-electron chi connectivity index (χ4n) is 1.05. The number of hydrazine groups is 1. The van der Waals surface area contributed by atoms with Gasteiger partial charge in [0, 0.05) is 39.3 Å². The molecule has 7 N–H and O–H groups in total. The van der Waals surface area contributed by atoms with Crippen LogP contribution in [0, 0.1) is 0 Å². The zero-order valence-corrected chi connectivity index (χ0v) is 8.87. The molecule has 1 unspecified atom stereocenters. The van der Waals surface area contributed by atoms with Crippen molar-refractivity contribution in [1.82, 2.24) is 15.8 Å². The van der Waals surface area contributed by atoms with Crippen LogP contribution in [0.15, 0.2) is 0 Å². The SMILES string of the molecule is CC(O)N(CCN)NCCNCCN. The predicted octanol–water partition coefficient (Wildman–Crippen LogP) is -2.36. The van der Waals surface area contributed by atoms with E-state index in [9.17, 15) is 5.11 Å². The van der Waals surface area contributed by atoms with Crippen LogP contribution in [-0.2, 0) is 0 Å². The van der Waals surface area contributed by atoms with Crippen LogP contribution in [0.3, 0.4) is 0 Å². The van der Waals surface area contributed by atoms with Crippen molar-refractivity contribution in [1.29, 1.82) is 0 Å². The number of rotatable bonds is 9. The Hall–Kier alpha value is -0.240. The zero-order valence-electron chi connectivity index (χ0n) is 8.87. The molecule has 0 bridgehead atoms. The first kappa shape index (κ1) is 13.8. The summed E-state index contributed by atoms with van der Waals surface area (Å²) < 4.78 is 0. The Bertz CT molecular complexity index is 122. The van der Waals surface area contributed by atoms with Crippen molar-refractivity contribution in [2.75, 3.05) is 39.3 Å². The Morgan fingerprint density at radius 3 is 2.43 bits per heavy atom. The Morgan fingerprint density at radius 1 is 1.21 bits per heavy atom. The minimum absolute atomic E-state index is 0.520. The third-order valence-electron chi connectivity index (χ3n) is 1.76. The van der Waals surface area contributed by atoms with Crippen molar-refractivity contribution < 1.29 is 5.11 Å². The number of aliphatic hydroxyl groups is 1. The molecule has 6 nitrogen and oxygen atoms in total. The van der Waals surface area contributed by atoms with Crippen LogP contribution in [0.2, 0.25) is 0 Å². The first-order chi connectivity index (χ1) is 6.72. The average Bonchev–Trinajstić information content (AvgIpc) is 2.15. The highest BCUT2D eigenvalue weighted by molar-refractivity contribution is 4.55. The van der Waals surface area contributed by atoms with Gasteiger partial charge in [-0.3, -0.25) is 5.43 Å². The summed E-state index contributed by atoms with van der Waals surface area (Å²) in [5.41, 5.74) is 13.8. The van der Waals surface area contributed by atoms with Gasteiger partial charge in [0.2, 0.25) is 0 Å². The van der Waals surface area contributed by atoms with E-state index in [0.29, 0.717) is 19.6 Å². The van der Waals surface area contributed by atoms with Crippen molar-refractivity contribution in [2.24, 2.45) is 11.5 Å². The highest BCUT2D eigenvalue weighted by atomic mass is 16.3. The topological polar surface area (TPSA) is 99.6 Å². The monoisotopic (exact) mass is 205 g/mol. The van der Waals surface area contributed by atoms with E-state index in [4.69, 9.17) is 11.5 Å². The van der Waals surface area contributed by atoms with Gasteiger partial charge < -0.3 is 21.9 Å². The summed E-state index contributed by atoms with van der Waals surface area (Å²) in [6, 6.07) is 0. The summed E-state index contributed by atoms with van der Waals surface area (Å²) in [5.74, 6) is 0. The van der Waals surface area contributed by atoms with E-state index in [1.54, 1.807) is 11.9 Å². The standard InChI is InChI=1S/C8H23N5O/c1-8(14)13(7-3-10)12-6-5-11-4-2-9/h8,11-12,14H,2-7,9-10H2,1H3. The number of hydrogen-bond acceptors (Lipinski definition) is 6. The fourth-order valence-corrected chi connectivity index (χ4v) is 1.05. The predicted molar refractivity (Wildman–Crippen MR) is 57.4 cm³/mol. The van der Waals surface area contributed by atoms with Gasteiger partial charge >= 0.3 is 0 Å². The first-order valence-electron chi connectivity index (χ1n) is 5.01. The summed E-state index contributed by atoms with van der Waals surface area (Å²) in [6.45, 7) is 5.89. The molecule has 0 aliphatic carbocycles. The van der Waals surface area contributed by atoms with E-state index >= 15 is 0 Å². The van der Waals surface area contributed by atoms with Gasteiger partial charge in [-0.25, -0.2) is 5.01 Å². The molecule has 0 spiro atoms. The Balaban J connectivity index is 3.41. The molecule has 1 atom stereocenters. The van der Waals surface area contributed by atoms with E-state index in [-0.39, 0.29) is 0 Å². The summed E-state index contributed by atoms with van der Waals surface area (Å²) >= 11 is 0. The smallest absolute Gasteiger partial charge is 0.117 e. The van der Waals surface area contributed by atoms with E-state index in [2.05, 4.69) is 10.7 Å². The van der Waals surface area contributed by atoms with Crippen molar-refractivity contribution in [2.45, 2.75) is 13.2 Å². The molecular weight excluding hydrogens is 182 g/mol. The van der Waals surface area contributed by atoms with E-state index in [0.717, 1.165) is 19.6 Å². The molecule has 0 amide bonds. The number of aliphatic hydroxyl groups excluding tert-OH is 1. The van der Waals surface area contributed by atoms with E-state index in [1.807, 2.05) is 0 Å². The van der Waals surface area contributed by atoms with Gasteiger partial charge in [-0.15, -0.1) is 0 Å². The average molecular weight is 205 g/mol. The van der Waals surface area contributed by atoms with Crippen LogP contribution >= 0.6 is 0 Å². The highest BCUT2D eigenvalue weighted by Crippen LogP contribution is 1.87. The molecule has 0 aromatic heterocycles. The molecular formula is C8H23N5O. The van der Waals surface area contributed by atoms with Gasteiger partial charge in [0.25, 0.3) is 0 Å². The number of nitrogens with zero attached hydrogens (tertiary/aromatic N) is 1. The molecule has 0 radical (unpaired) electrons. The first-order valence-corrected chi connectivity index (χ1v) is 5.01. The second kappa shape index (κ2) is 9.32. The van der Waals surface area contributed by atoms with Crippen molar-refractivity contribution >= 4 is 0 Å². The number of nitrogens with one attached hydrogen (secondary N) is 2. The van der Waals surface area contributed by atoms with E-state index in [1.165, 1.54) is 0 Å². The normalized spacial score (nSPS) is 13.5. The molecule has 0 heterocycles. The van der Waals surface area contributed by atoms with Gasteiger partial charge in [0.1, 0.15) is 6.23 Å². The van der Waals surface area contributed by atoms with Crippen LogP contribution in [0.4, 0.5) is 0 Å². The van der Waals surface area contributed by atoms with Crippen molar-refractivity contribution in [3.05, 3.63) is 0 Å². The lowest BCUT2D eigenvalue weighted by molar-refractivity contribution is -0.0161. The molecule has 0 saturated carbocycles. The molecule has 0 saturated heterocycles. The van der Waals surface area contributed by atoms with Crippen LogP contribution in [0.5, 0.6) is 0 Å². The lowest BCUT2D eigenvalue weighted by Crippen LogP contribution is -2.49. The van der Waals surface area contributed by atoms with Gasteiger partial charge in [-0.05, 0) is 6.92 Å². The van der Waals surface area contributed by atoms with Gasteiger partial charge in [0.05, 0.1) is 0 Å². The highest BCUT2D eigenvalue weighted by Gasteiger charge is 2.07. The summed E-state index contributed by atoms with van der Waals surface area (Å²) in [4.78, 5) is 0. The summed E-state index contributed by atoms with van der Waals surface area (Å²) in [7, 11) is 0. The Morgan fingerprint density at radius 2 is 1.93 bits per heavy atom. The van der Waals surface area contributed by atoms with E-state index < -0.39 is 6.23 Å². The molecule has 0 fully saturated rings. The minimum atomic E-state index is -0.520. The molecule has 0 aromatic rings. The lowest BCUT2D eigenvalue weighted by Gasteiger charge is -2.25. The van der Waals surface area contributed by atoms with Crippen LogP contribution in [0.1, 0.15) is 6.92 Å². The maximum atomic E-state index is 9.31. The lowest BCUT2D eigenvalue weighted by atomic mass is 10.5. The second-order valence-electron chi connectivity index (χ2n) is 3.06. The molecule has 6 heteroatoms. The molecule has 0 aromatic carbocycles. The summed E-state index contributed by atoms with van der Waals surface area (Å²) in [5, 5.41) is 14.2. The van der Waals surface area contributed by atoms with Crippen LogP contribution in [-0.4, -0.2) is 55.6 Å². The fraction of sp³-hybridized carbons (Fsp3) is 1.00. The number of hydrogen-bond donors (Lipinski definition) is 5. The Kier molecular flexibility index (Phi) is 9.16. The maximum absolute atomic E-state index is 9.31.